The van der Waals surface area contributed by atoms with Gasteiger partial charge >= 0.3 is 0 Å². The molecule has 0 atom stereocenters. The highest BCUT2D eigenvalue weighted by Crippen LogP contribution is 2.26. The van der Waals surface area contributed by atoms with E-state index in [1.807, 2.05) is 47.3 Å². The van der Waals surface area contributed by atoms with Gasteiger partial charge in [0.2, 0.25) is 0 Å². The van der Waals surface area contributed by atoms with Gasteiger partial charge < -0.3 is 14.5 Å². The summed E-state index contributed by atoms with van der Waals surface area (Å²) in [4.78, 5) is 12.6. The van der Waals surface area contributed by atoms with E-state index in [2.05, 4.69) is 22.5 Å². The lowest BCUT2D eigenvalue weighted by molar-refractivity contribution is 0.0992. The average Bonchev–Trinajstić information content (AvgIpc) is 3.54. The number of aromatic nitrogens is 2. The quantitative estimate of drug-likeness (QED) is 0.470. The van der Waals surface area contributed by atoms with Crippen LogP contribution in [-0.4, -0.2) is 15.7 Å². The lowest BCUT2D eigenvalue weighted by atomic mass is 10.1. The zero-order valence-electron chi connectivity index (χ0n) is 17.1. The van der Waals surface area contributed by atoms with Crippen molar-refractivity contribution in [2.75, 3.05) is 5.32 Å². The Hall–Kier alpha value is -3.80. The molecule has 5 rings (SSSR count). The van der Waals surface area contributed by atoms with E-state index >= 15 is 0 Å². The van der Waals surface area contributed by atoms with Crippen molar-refractivity contribution in [3.63, 3.8) is 0 Å². The van der Waals surface area contributed by atoms with Crippen molar-refractivity contribution in [3.05, 3.63) is 101 Å². The third-order valence-corrected chi connectivity index (χ3v) is 5.43. The Kier molecular flexibility index (Phi) is 5.27. The molecule has 6 nitrogen and oxygen atoms in total. The molecule has 1 aliphatic rings. The van der Waals surface area contributed by atoms with Crippen molar-refractivity contribution < 1.29 is 13.9 Å². The van der Waals surface area contributed by atoms with Crippen LogP contribution in [0.25, 0.3) is 0 Å². The van der Waals surface area contributed by atoms with Gasteiger partial charge in [-0.1, -0.05) is 18.2 Å². The van der Waals surface area contributed by atoms with Gasteiger partial charge in [-0.2, -0.15) is 5.10 Å². The van der Waals surface area contributed by atoms with Crippen LogP contribution in [-0.2, 0) is 26.0 Å². The molecule has 0 saturated carbocycles. The van der Waals surface area contributed by atoms with E-state index in [-0.39, 0.29) is 18.3 Å². The number of carbonyl (C=O) groups excluding carboxylic acids is 1. The van der Waals surface area contributed by atoms with Crippen molar-refractivity contribution in [2.45, 2.75) is 32.4 Å². The average molecular weight is 413 g/mol. The van der Waals surface area contributed by atoms with Gasteiger partial charge in [0.15, 0.2) is 5.76 Å². The number of anilines is 1. The molecule has 0 radical (unpaired) electrons. The van der Waals surface area contributed by atoms with Gasteiger partial charge in [-0.3, -0.25) is 9.48 Å². The molecule has 0 bridgehead atoms. The van der Waals surface area contributed by atoms with E-state index in [9.17, 15) is 4.79 Å². The fourth-order valence-corrected chi connectivity index (χ4v) is 3.89. The summed E-state index contributed by atoms with van der Waals surface area (Å²) >= 11 is 0. The van der Waals surface area contributed by atoms with E-state index in [4.69, 9.17) is 9.15 Å². The number of benzene rings is 2. The number of carbonyl (C=O) groups is 1. The molecule has 4 aromatic rings. The molecule has 31 heavy (non-hydrogen) atoms. The van der Waals surface area contributed by atoms with E-state index < -0.39 is 0 Å². The second kappa shape index (κ2) is 8.52. The Balaban J connectivity index is 1.19. The number of rotatable bonds is 7. The predicted molar refractivity (Wildman–Crippen MR) is 117 cm³/mol. The van der Waals surface area contributed by atoms with Gasteiger partial charge in [0.1, 0.15) is 18.1 Å². The number of furan rings is 1. The summed E-state index contributed by atoms with van der Waals surface area (Å²) in [6, 6.07) is 19.3. The zero-order chi connectivity index (χ0) is 21.0. The highest BCUT2D eigenvalue weighted by molar-refractivity contribution is 6.02. The second-order valence-corrected chi connectivity index (χ2v) is 7.70. The molecule has 2 aromatic carbocycles. The van der Waals surface area contributed by atoms with Crippen molar-refractivity contribution in [1.29, 1.82) is 0 Å². The van der Waals surface area contributed by atoms with E-state index in [1.54, 1.807) is 18.3 Å². The fourth-order valence-electron chi connectivity index (χ4n) is 3.89. The van der Waals surface area contributed by atoms with Crippen LogP contribution >= 0.6 is 0 Å². The van der Waals surface area contributed by atoms with Gasteiger partial charge in [0.05, 0.1) is 6.54 Å². The zero-order valence-corrected chi connectivity index (χ0v) is 17.1. The smallest absolute Gasteiger partial charge is 0.291 e. The number of amides is 1. The Morgan fingerprint density at radius 2 is 2.00 bits per heavy atom. The first-order valence-corrected chi connectivity index (χ1v) is 10.4. The standard InChI is InChI=1S/C25H23N3O3/c29-25(27-21-7-1-4-18(14-21)16-28-13-3-12-26-28)24-11-10-23(31-24)17-30-22-9-8-19-5-2-6-20(19)15-22/h1,3-4,7-15H,2,5-6,16-17H2,(H,27,29). The number of hydrogen-bond donors (Lipinski definition) is 1. The minimum Gasteiger partial charge on any atom is -0.486 e. The molecule has 1 aliphatic carbocycles. The summed E-state index contributed by atoms with van der Waals surface area (Å²) < 4.78 is 13.4. The summed E-state index contributed by atoms with van der Waals surface area (Å²) in [5, 5.41) is 7.10. The minimum atomic E-state index is -0.292. The third-order valence-electron chi connectivity index (χ3n) is 5.43. The molecule has 0 saturated heterocycles. The normalized spacial score (nSPS) is 12.5. The molecule has 1 amide bonds. The minimum absolute atomic E-state index is 0.255. The Morgan fingerprint density at radius 1 is 1.06 bits per heavy atom. The molecule has 2 aromatic heterocycles. The molecule has 0 fully saturated rings. The van der Waals surface area contributed by atoms with Gasteiger partial charge in [-0.05, 0) is 78.4 Å². The Bertz CT molecular complexity index is 1190. The van der Waals surface area contributed by atoms with Crippen molar-refractivity contribution in [3.8, 4) is 5.75 Å². The van der Waals surface area contributed by atoms with E-state index in [0.29, 0.717) is 18.0 Å². The molecule has 0 spiro atoms. The number of nitrogens with one attached hydrogen (secondary N) is 1. The van der Waals surface area contributed by atoms with Crippen LogP contribution in [0.1, 0.15) is 39.4 Å². The van der Waals surface area contributed by atoms with Crippen LogP contribution in [0.5, 0.6) is 5.75 Å². The van der Waals surface area contributed by atoms with Gasteiger partial charge in [-0.15, -0.1) is 0 Å². The number of fused-ring (bicyclic) bond motifs is 1. The SMILES string of the molecule is O=C(Nc1cccc(Cn2cccn2)c1)c1ccc(COc2ccc3c(c2)CCC3)o1. The molecule has 1 N–H and O–H groups in total. The van der Waals surface area contributed by atoms with Crippen LogP contribution < -0.4 is 10.1 Å². The third kappa shape index (κ3) is 4.53. The fraction of sp³-hybridized carbons (Fsp3) is 0.200. The largest absolute Gasteiger partial charge is 0.486 e. The maximum absolute atomic E-state index is 12.6. The van der Waals surface area contributed by atoms with Crippen LogP contribution in [0.4, 0.5) is 5.69 Å². The molecule has 0 unspecified atom stereocenters. The van der Waals surface area contributed by atoms with Gasteiger partial charge in [0, 0.05) is 18.1 Å². The van der Waals surface area contributed by atoms with Crippen LogP contribution in [0.3, 0.4) is 0 Å². The number of hydrogen-bond acceptors (Lipinski definition) is 4. The summed E-state index contributed by atoms with van der Waals surface area (Å²) in [5.41, 5.74) is 4.54. The first-order valence-electron chi connectivity index (χ1n) is 10.4. The van der Waals surface area contributed by atoms with Gasteiger partial charge in [-0.25, -0.2) is 0 Å². The van der Waals surface area contributed by atoms with Crippen LogP contribution in [0, 0.1) is 0 Å². The molecule has 6 heteroatoms. The number of aryl methyl sites for hydroxylation is 2. The van der Waals surface area contributed by atoms with Crippen molar-refractivity contribution >= 4 is 11.6 Å². The maximum atomic E-state index is 12.6. The van der Waals surface area contributed by atoms with Crippen molar-refractivity contribution in [1.82, 2.24) is 9.78 Å². The van der Waals surface area contributed by atoms with E-state index in [0.717, 1.165) is 24.2 Å². The van der Waals surface area contributed by atoms with Crippen LogP contribution in [0.2, 0.25) is 0 Å². The molecule has 0 aliphatic heterocycles. The van der Waals surface area contributed by atoms with Crippen molar-refractivity contribution in [2.24, 2.45) is 0 Å². The lowest BCUT2D eigenvalue weighted by Gasteiger charge is -2.07. The molecular formula is C25H23N3O3. The summed E-state index contributed by atoms with van der Waals surface area (Å²) in [7, 11) is 0. The monoisotopic (exact) mass is 413 g/mol. The lowest BCUT2D eigenvalue weighted by Crippen LogP contribution is -2.11. The van der Waals surface area contributed by atoms with E-state index in [1.165, 1.54) is 17.5 Å². The predicted octanol–water partition coefficient (Wildman–Crippen LogP) is 4.84. The molecular weight excluding hydrogens is 390 g/mol. The Labute approximate surface area is 180 Å². The first kappa shape index (κ1) is 19.2. The Morgan fingerprint density at radius 3 is 2.90 bits per heavy atom. The topological polar surface area (TPSA) is 69.3 Å². The first-order chi connectivity index (χ1) is 15.2. The summed E-state index contributed by atoms with van der Waals surface area (Å²) in [5.74, 6) is 1.40. The number of ether oxygens (including phenoxy) is 1. The highest BCUT2D eigenvalue weighted by Gasteiger charge is 2.14. The molecule has 156 valence electrons. The molecule has 2 heterocycles. The summed E-state index contributed by atoms with van der Waals surface area (Å²) in [6.07, 6.45) is 7.12. The summed E-state index contributed by atoms with van der Waals surface area (Å²) in [6.45, 7) is 0.924. The van der Waals surface area contributed by atoms with Crippen LogP contribution in [0.15, 0.2) is 77.5 Å². The second-order valence-electron chi connectivity index (χ2n) is 7.70. The highest BCUT2D eigenvalue weighted by atomic mass is 16.5. The number of nitrogens with zero attached hydrogens (tertiary/aromatic N) is 2. The maximum Gasteiger partial charge on any atom is 0.291 e. The van der Waals surface area contributed by atoms with Gasteiger partial charge in [0.25, 0.3) is 5.91 Å².